The van der Waals surface area contributed by atoms with E-state index in [1.807, 2.05) is 6.92 Å². The molecule has 0 atom stereocenters. The molecule has 110 valence electrons. The van der Waals surface area contributed by atoms with Gasteiger partial charge in [0.2, 0.25) is 11.7 Å². The van der Waals surface area contributed by atoms with Gasteiger partial charge in [0.05, 0.1) is 4.92 Å². The van der Waals surface area contributed by atoms with Gasteiger partial charge in [-0.15, -0.1) is 0 Å². The first kappa shape index (κ1) is 13.7. The van der Waals surface area contributed by atoms with Crippen LogP contribution in [0.5, 0.6) is 0 Å². The van der Waals surface area contributed by atoms with Crippen LogP contribution in [-0.4, -0.2) is 20.6 Å². The molecule has 0 radical (unpaired) electrons. The van der Waals surface area contributed by atoms with E-state index >= 15 is 0 Å². The minimum atomic E-state index is -0.437. The average Bonchev–Trinajstić information content (AvgIpc) is 2.85. The minimum Gasteiger partial charge on any atom is -0.339 e. The van der Waals surface area contributed by atoms with Crippen molar-refractivity contribution in [2.75, 3.05) is 0 Å². The number of aromatic nitrogens is 2. The molecule has 7 nitrogen and oxygen atoms in total. The van der Waals surface area contributed by atoms with Gasteiger partial charge in [0.15, 0.2) is 0 Å². The number of hydrogen-bond acceptors (Lipinski definition) is 6. The van der Waals surface area contributed by atoms with E-state index in [9.17, 15) is 10.1 Å². The number of aryl methyl sites for hydroxylation is 1. The second-order valence-electron chi connectivity index (χ2n) is 5.66. The Hall–Kier alpha value is -2.28. The number of non-ortho nitro benzene ring substituents is 1. The van der Waals surface area contributed by atoms with Crippen LogP contribution in [0.15, 0.2) is 22.7 Å². The van der Waals surface area contributed by atoms with Gasteiger partial charge in [-0.3, -0.25) is 10.1 Å². The largest absolute Gasteiger partial charge is 0.339 e. The first-order valence-corrected chi connectivity index (χ1v) is 6.84. The molecule has 1 saturated carbocycles. The topological polar surface area (TPSA) is 108 Å². The Morgan fingerprint density at radius 1 is 1.48 bits per heavy atom. The molecule has 1 heterocycles. The molecule has 7 heteroatoms. The molecular weight excluding hydrogens is 272 g/mol. The molecule has 21 heavy (non-hydrogen) atoms. The van der Waals surface area contributed by atoms with Crippen LogP contribution >= 0.6 is 0 Å². The van der Waals surface area contributed by atoms with E-state index in [0.717, 1.165) is 24.8 Å². The van der Waals surface area contributed by atoms with Crippen LogP contribution in [0.25, 0.3) is 11.4 Å². The van der Waals surface area contributed by atoms with Crippen molar-refractivity contribution in [3.8, 4) is 11.4 Å². The van der Waals surface area contributed by atoms with Gasteiger partial charge in [-0.25, -0.2) is 0 Å². The van der Waals surface area contributed by atoms with Gasteiger partial charge < -0.3 is 10.3 Å². The molecule has 1 aromatic heterocycles. The third-order valence-electron chi connectivity index (χ3n) is 3.99. The zero-order chi connectivity index (χ0) is 15.0. The Morgan fingerprint density at radius 3 is 2.86 bits per heavy atom. The lowest BCUT2D eigenvalue weighted by molar-refractivity contribution is -0.384. The van der Waals surface area contributed by atoms with Gasteiger partial charge in [-0.1, -0.05) is 11.2 Å². The van der Waals surface area contributed by atoms with E-state index in [2.05, 4.69) is 10.1 Å². The smallest absolute Gasteiger partial charge is 0.270 e. The Labute approximate surface area is 121 Å². The van der Waals surface area contributed by atoms with Gasteiger partial charge >= 0.3 is 0 Å². The highest BCUT2D eigenvalue weighted by molar-refractivity contribution is 5.63. The van der Waals surface area contributed by atoms with Gasteiger partial charge in [0.25, 0.3) is 5.69 Å². The number of nitrogens with two attached hydrogens (primary N) is 1. The molecule has 0 aliphatic heterocycles. The normalized spacial score (nSPS) is 16.5. The third-order valence-corrected chi connectivity index (χ3v) is 3.99. The Kier molecular flexibility index (Phi) is 3.21. The van der Waals surface area contributed by atoms with E-state index < -0.39 is 4.92 Å². The van der Waals surface area contributed by atoms with Crippen molar-refractivity contribution in [1.29, 1.82) is 0 Å². The molecule has 0 spiro atoms. The fourth-order valence-electron chi connectivity index (χ4n) is 2.51. The summed E-state index contributed by atoms with van der Waals surface area (Å²) in [6.07, 6.45) is 3.59. The van der Waals surface area contributed by atoms with E-state index in [-0.39, 0.29) is 11.2 Å². The Bertz CT molecular complexity index is 691. The molecule has 2 aromatic rings. The molecule has 1 fully saturated rings. The standard InChI is InChI=1S/C14H16N4O3/c1-9-3-4-10(18(19)20)7-11(9)13-16-12(21-17-13)8-14(15)5-2-6-14/h3-4,7H,2,5-6,8,15H2,1H3. The summed E-state index contributed by atoms with van der Waals surface area (Å²) in [6.45, 7) is 1.85. The van der Waals surface area contributed by atoms with E-state index in [1.165, 1.54) is 12.1 Å². The van der Waals surface area contributed by atoms with Crippen LogP contribution in [0, 0.1) is 17.0 Å². The Morgan fingerprint density at radius 2 is 2.24 bits per heavy atom. The van der Waals surface area contributed by atoms with Gasteiger partial charge in [-0.05, 0) is 31.7 Å². The van der Waals surface area contributed by atoms with Crippen LogP contribution < -0.4 is 5.73 Å². The predicted octanol–water partition coefficient (Wildman–Crippen LogP) is 2.38. The van der Waals surface area contributed by atoms with Crippen molar-refractivity contribution in [3.63, 3.8) is 0 Å². The highest BCUT2D eigenvalue weighted by Crippen LogP contribution is 2.32. The lowest BCUT2D eigenvalue weighted by atomic mass is 9.75. The van der Waals surface area contributed by atoms with Gasteiger partial charge in [0, 0.05) is 29.7 Å². The molecule has 0 bridgehead atoms. The number of nitrogens with zero attached hydrogens (tertiary/aromatic N) is 3. The van der Waals surface area contributed by atoms with E-state index in [0.29, 0.717) is 23.7 Å². The SMILES string of the molecule is Cc1ccc([N+](=O)[O-])cc1-c1noc(CC2(N)CCC2)n1. The van der Waals surface area contributed by atoms with Crippen molar-refractivity contribution >= 4 is 5.69 Å². The number of benzene rings is 1. The minimum absolute atomic E-state index is 0.0104. The van der Waals surface area contributed by atoms with E-state index in [1.54, 1.807) is 6.07 Å². The third kappa shape index (κ3) is 2.64. The molecule has 1 aromatic carbocycles. The molecule has 2 N–H and O–H groups in total. The summed E-state index contributed by atoms with van der Waals surface area (Å²) in [7, 11) is 0. The fraction of sp³-hybridized carbons (Fsp3) is 0.429. The van der Waals surface area contributed by atoms with Crippen molar-refractivity contribution in [1.82, 2.24) is 10.1 Å². The average molecular weight is 288 g/mol. The summed E-state index contributed by atoms with van der Waals surface area (Å²) < 4.78 is 5.24. The highest BCUT2D eigenvalue weighted by atomic mass is 16.6. The van der Waals surface area contributed by atoms with Crippen LogP contribution in [0.3, 0.4) is 0 Å². The maximum atomic E-state index is 10.9. The zero-order valence-corrected chi connectivity index (χ0v) is 11.7. The maximum Gasteiger partial charge on any atom is 0.270 e. The van der Waals surface area contributed by atoms with Gasteiger partial charge in [-0.2, -0.15) is 4.98 Å². The molecule has 1 aliphatic rings. The number of nitro groups is 1. The molecule has 0 unspecified atom stereocenters. The summed E-state index contributed by atoms with van der Waals surface area (Å²) in [6, 6.07) is 4.61. The summed E-state index contributed by atoms with van der Waals surface area (Å²) >= 11 is 0. The van der Waals surface area contributed by atoms with E-state index in [4.69, 9.17) is 10.3 Å². The first-order chi connectivity index (χ1) is 9.97. The van der Waals surface area contributed by atoms with Crippen molar-refractivity contribution in [3.05, 3.63) is 39.8 Å². The molecule has 0 amide bonds. The summed E-state index contributed by atoms with van der Waals surface area (Å²) in [5.41, 5.74) is 7.41. The van der Waals surface area contributed by atoms with Crippen LogP contribution in [0.2, 0.25) is 0 Å². The first-order valence-electron chi connectivity index (χ1n) is 6.84. The number of nitro benzene ring substituents is 1. The predicted molar refractivity (Wildman–Crippen MR) is 75.6 cm³/mol. The lowest BCUT2D eigenvalue weighted by Gasteiger charge is -2.36. The molecule has 0 saturated heterocycles. The highest BCUT2D eigenvalue weighted by Gasteiger charge is 2.34. The van der Waals surface area contributed by atoms with Crippen molar-refractivity contribution in [2.45, 2.75) is 38.1 Å². The number of hydrogen-bond donors (Lipinski definition) is 1. The van der Waals surface area contributed by atoms with Gasteiger partial charge in [0.1, 0.15) is 0 Å². The second kappa shape index (κ2) is 4.92. The van der Waals surface area contributed by atoms with Crippen molar-refractivity contribution < 1.29 is 9.45 Å². The number of rotatable bonds is 4. The molecule has 3 rings (SSSR count). The summed E-state index contributed by atoms with van der Waals surface area (Å²) in [5.74, 6) is 0.854. The summed E-state index contributed by atoms with van der Waals surface area (Å²) in [4.78, 5) is 14.8. The lowest BCUT2D eigenvalue weighted by Crippen LogP contribution is -2.48. The fourth-order valence-corrected chi connectivity index (χ4v) is 2.51. The van der Waals surface area contributed by atoms with Crippen molar-refractivity contribution in [2.24, 2.45) is 5.73 Å². The second-order valence-corrected chi connectivity index (χ2v) is 5.66. The van der Waals surface area contributed by atoms with Crippen LogP contribution in [-0.2, 0) is 6.42 Å². The molecular formula is C14H16N4O3. The zero-order valence-electron chi connectivity index (χ0n) is 11.7. The van der Waals surface area contributed by atoms with Crippen LogP contribution in [0.1, 0.15) is 30.7 Å². The maximum absolute atomic E-state index is 10.9. The van der Waals surface area contributed by atoms with Crippen LogP contribution in [0.4, 0.5) is 5.69 Å². The Balaban J connectivity index is 1.89. The molecule has 1 aliphatic carbocycles. The quantitative estimate of drug-likeness (QED) is 0.683. The monoisotopic (exact) mass is 288 g/mol. The summed E-state index contributed by atoms with van der Waals surface area (Å²) in [5, 5.41) is 14.8.